The van der Waals surface area contributed by atoms with E-state index in [1.165, 1.54) is 24.4 Å². The maximum atomic E-state index is 13.2. The second kappa shape index (κ2) is 5.67. The van der Waals surface area contributed by atoms with Crippen LogP contribution in [0, 0.1) is 5.82 Å². The van der Waals surface area contributed by atoms with E-state index in [4.69, 9.17) is 21.4 Å². The SMILES string of the molecule is O=C(O)c1ncccc1OCc1ccc(Cl)c(F)c1. The van der Waals surface area contributed by atoms with E-state index in [-0.39, 0.29) is 23.1 Å². The van der Waals surface area contributed by atoms with Crippen LogP contribution in [-0.4, -0.2) is 16.1 Å². The number of hydrogen-bond acceptors (Lipinski definition) is 3. The van der Waals surface area contributed by atoms with Gasteiger partial charge >= 0.3 is 5.97 Å². The van der Waals surface area contributed by atoms with E-state index >= 15 is 0 Å². The van der Waals surface area contributed by atoms with Crippen molar-refractivity contribution < 1.29 is 19.0 Å². The molecule has 19 heavy (non-hydrogen) atoms. The van der Waals surface area contributed by atoms with Crippen LogP contribution in [0.2, 0.25) is 5.02 Å². The molecule has 2 aromatic rings. The number of carbonyl (C=O) groups is 1. The summed E-state index contributed by atoms with van der Waals surface area (Å²) < 4.78 is 18.5. The fourth-order valence-corrected chi connectivity index (χ4v) is 1.58. The van der Waals surface area contributed by atoms with Crippen molar-refractivity contribution in [1.29, 1.82) is 0 Å². The molecule has 0 aliphatic rings. The number of rotatable bonds is 4. The number of halogens is 2. The first-order valence-electron chi connectivity index (χ1n) is 5.33. The van der Waals surface area contributed by atoms with Gasteiger partial charge in [0.25, 0.3) is 0 Å². The molecular formula is C13H9ClFNO3. The van der Waals surface area contributed by atoms with Gasteiger partial charge in [0.05, 0.1) is 5.02 Å². The van der Waals surface area contributed by atoms with Gasteiger partial charge < -0.3 is 9.84 Å². The van der Waals surface area contributed by atoms with Gasteiger partial charge in [-0.25, -0.2) is 14.2 Å². The van der Waals surface area contributed by atoms with Crippen LogP contribution in [0.3, 0.4) is 0 Å². The third kappa shape index (κ3) is 3.20. The minimum absolute atomic E-state index is 0.0244. The lowest BCUT2D eigenvalue weighted by atomic mass is 10.2. The van der Waals surface area contributed by atoms with Gasteiger partial charge in [0.1, 0.15) is 12.4 Å². The minimum atomic E-state index is -1.18. The maximum absolute atomic E-state index is 13.2. The predicted molar refractivity (Wildman–Crippen MR) is 66.9 cm³/mol. The summed E-state index contributed by atoms with van der Waals surface area (Å²) in [5.74, 6) is -1.60. The molecule has 2 rings (SSSR count). The number of ether oxygens (including phenoxy) is 1. The monoisotopic (exact) mass is 281 g/mol. The summed E-state index contributed by atoms with van der Waals surface area (Å²) in [7, 11) is 0. The van der Waals surface area contributed by atoms with Gasteiger partial charge in [0, 0.05) is 6.20 Å². The molecule has 0 aliphatic heterocycles. The summed E-state index contributed by atoms with van der Waals surface area (Å²) in [4.78, 5) is 14.6. The molecule has 0 unspecified atom stereocenters. The zero-order chi connectivity index (χ0) is 13.8. The topological polar surface area (TPSA) is 59.4 Å². The first-order valence-corrected chi connectivity index (χ1v) is 5.71. The highest BCUT2D eigenvalue weighted by molar-refractivity contribution is 6.30. The van der Waals surface area contributed by atoms with Gasteiger partial charge in [0.15, 0.2) is 11.4 Å². The average molecular weight is 282 g/mol. The van der Waals surface area contributed by atoms with Crippen LogP contribution < -0.4 is 4.74 Å². The number of aromatic carboxylic acids is 1. The molecule has 6 heteroatoms. The standard InChI is InChI=1S/C13H9ClFNO3/c14-9-4-3-8(6-10(9)15)7-19-11-2-1-5-16-12(11)13(17)18/h1-6H,7H2,(H,17,18). The lowest BCUT2D eigenvalue weighted by Gasteiger charge is -2.08. The van der Waals surface area contributed by atoms with Gasteiger partial charge in [-0.15, -0.1) is 0 Å². The van der Waals surface area contributed by atoms with E-state index in [0.29, 0.717) is 5.56 Å². The molecule has 1 N–H and O–H groups in total. The number of aromatic nitrogens is 1. The quantitative estimate of drug-likeness (QED) is 0.935. The van der Waals surface area contributed by atoms with Crippen molar-refractivity contribution in [3.05, 3.63) is 58.6 Å². The van der Waals surface area contributed by atoms with E-state index < -0.39 is 11.8 Å². The highest BCUT2D eigenvalue weighted by Crippen LogP contribution is 2.19. The van der Waals surface area contributed by atoms with Crippen molar-refractivity contribution in [1.82, 2.24) is 4.98 Å². The second-order valence-electron chi connectivity index (χ2n) is 3.69. The molecule has 0 fully saturated rings. The Bertz CT molecular complexity index is 619. The van der Waals surface area contributed by atoms with Crippen molar-refractivity contribution in [2.24, 2.45) is 0 Å². The number of carboxylic acids is 1. The number of nitrogens with zero attached hydrogens (tertiary/aromatic N) is 1. The summed E-state index contributed by atoms with van der Waals surface area (Å²) in [6, 6.07) is 7.30. The Morgan fingerprint density at radius 3 is 2.89 bits per heavy atom. The highest BCUT2D eigenvalue weighted by atomic mass is 35.5. The fraction of sp³-hybridized carbons (Fsp3) is 0.0769. The average Bonchev–Trinajstić information content (AvgIpc) is 2.40. The van der Waals surface area contributed by atoms with Crippen LogP contribution >= 0.6 is 11.6 Å². The molecule has 4 nitrogen and oxygen atoms in total. The summed E-state index contributed by atoms with van der Waals surface area (Å²) in [6.45, 7) is 0.0278. The van der Waals surface area contributed by atoms with Crippen LogP contribution in [0.4, 0.5) is 4.39 Å². The number of carboxylic acid groups (broad SMARTS) is 1. The van der Waals surface area contributed by atoms with E-state index in [1.807, 2.05) is 0 Å². The Kier molecular flexibility index (Phi) is 3.97. The molecule has 0 saturated carbocycles. The molecule has 0 aliphatic carbocycles. The smallest absolute Gasteiger partial charge is 0.358 e. The Morgan fingerprint density at radius 2 is 2.21 bits per heavy atom. The van der Waals surface area contributed by atoms with Crippen LogP contribution in [0.25, 0.3) is 0 Å². The van der Waals surface area contributed by atoms with Crippen molar-refractivity contribution in [3.63, 3.8) is 0 Å². The molecule has 0 saturated heterocycles. The van der Waals surface area contributed by atoms with Crippen molar-refractivity contribution >= 4 is 17.6 Å². The van der Waals surface area contributed by atoms with Crippen LogP contribution in [0.5, 0.6) is 5.75 Å². The zero-order valence-electron chi connectivity index (χ0n) is 9.64. The number of benzene rings is 1. The molecule has 0 radical (unpaired) electrons. The molecular weight excluding hydrogens is 273 g/mol. The third-order valence-electron chi connectivity index (χ3n) is 2.35. The maximum Gasteiger partial charge on any atom is 0.358 e. The Balaban J connectivity index is 2.14. The molecule has 0 spiro atoms. The lowest BCUT2D eigenvalue weighted by Crippen LogP contribution is -2.05. The molecule has 1 aromatic carbocycles. The van der Waals surface area contributed by atoms with Crippen molar-refractivity contribution in [2.45, 2.75) is 6.61 Å². The molecule has 1 aromatic heterocycles. The van der Waals surface area contributed by atoms with Gasteiger partial charge in [-0.2, -0.15) is 0 Å². The zero-order valence-corrected chi connectivity index (χ0v) is 10.4. The second-order valence-corrected chi connectivity index (χ2v) is 4.10. The van der Waals surface area contributed by atoms with Crippen molar-refractivity contribution in [3.8, 4) is 5.75 Å². The van der Waals surface area contributed by atoms with E-state index in [1.54, 1.807) is 12.1 Å². The summed E-state index contributed by atoms with van der Waals surface area (Å²) in [5.41, 5.74) is 0.360. The van der Waals surface area contributed by atoms with E-state index in [2.05, 4.69) is 4.98 Å². The fourth-order valence-electron chi connectivity index (χ4n) is 1.46. The lowest BCUT2D eigenvalue weighted by molar-refractivity contribution is 0.0685. The van der Waals surface area contributed by atoms with Gasteiger partial charge in [-0.3, -0.25) is 0 Å². The Hall–Kier alpha value is -2.14. The molecule has 98 valence electrons. The van der Waals surface area contributed by atoms with Crippen LogP contribution in [0.1, 0.15) is 16.1 Å². The predicted octanol–water partition coefficient (Wildman–Crippen LogP) is 3.15. The first-order chi connectivity index (χ1) is 9.08. The summed E-state index contributed by atoms with van der Waals surface area (Å²) in [6.07, 6.45) is 1.36. The highest BCUT2D eigenvalue weighted by Gasteiger charge is 2.12. The minimum Gasteiger partial charge on any atom is -0.486 e. The van der Waals surface area contributed by atoms with Gasteiger partial charge in [0.2, 0.25) is 0 Å². The first kappa shape index (κ1) is 13.3. The van der Waals surface area contributed by atoms with Crippen LogP contribution in [0.15, 0.2) is 36.5 Å². The van der Waals surface area contributed by atoms with E-state index in [9.17, 15) is 9.18 Å². The third-order valence-corrected chi connectivity index (χ3v) is 2.66. The molecule has 0 atom stereocenters. The molecule has 0 bridgehead atoms. The van der Waals surface area contributed by atoms with Gasteiger partial charge in [-0.05, 0) is 29.8 Å². The molecule has 1 heterocycles. The van der Waals surface area contributed by atoms with Gasteiger partial charge in [-0.1, -0.05) is 17.7 Å². The molecule has 0 amide bonds. The number of pyridine rings is 1. The van der Waals surface area contributed by atoms with E-state index in [0.717, 1.165) is 0 Å². The Morgan fingerprint density at radius 1 is 1.42 bits per heavy atom. The van der Waals surface area contributed by atoms with Crippen molar-refractivity contribution in [2.75, 3.05) is 0 Å². The Labute approximate surface area is 113 Å². The normalized spacial score (nSPS) is 10.2. The van der Waals surface area contributed by atoms with Crippen LogP contribution in [-0.2, 0) is 6.61 Å². The largest absolute Gasteiger partial charge is 0.486 e. The summed E-state index contributed by atoms with van der Waals surface area (Å²) in [5, 5.41) is 8.95. The summed E-state index contributed by atoms with van der Waals surface area (Å²) >= 11 is 5.56. The number of hydrogen-bond donors (Lipinski definition) is 1.